The average molecular weight is 194 g/mol. The fraction of sp³-hybridized carbons (Fsp3) is 0.615. The summed E-state index contributed by atoms with van der Waals surface area (Å²) in [5.74, 6) is 0. The summed E-state index contributed by atoms with van der Waals surface area (Å²) in [6.07, 6.45) is 14.3. The molecule has 0 aliphatic heterocycles. The SMILES string of the molecule is CCCCCCC/C=C/C(C)=C/C=O. The maximum absolute atomic E-state index is 10.1. The van der Waals surface area contributed by atoms with Crippen molar-refractivity contribution >= 4 is 6.29 Å². The predicted octanol–water partition coefficient (Wildman–Crippen LogP) is 4.05. The molecule has 0 aromatic carbocycles. The van der Waals surface area contributed by atoms with E-state index in [0.29, 0.717) is 0 Å². The van der Waals surface area contributed by atoms with Crippen LogP contribution in [0.15, 0.2) is 23.8 Å². The standard InChI is InChI=1S/C13H22O/c1-3-4-5-6-7-8-9-10-13(2)11-12-14/h9-12H,3-8H2,1-2H3/b10-9+,13-11+. The van der Waals surface area contributed by atoms with Crippen molar-refractivity contribution in [1.82, 2.24) is 0 Å². The Balaban J connectivity index is 3.35. The van der Waals surface area contributed by atoms with Crippen LogP contribution in [0.4, 0.5) is 0 Å². The summed E-state index contributed by atoms with van der Waals surface area (Å²) in [4.78, 5) is 10.1. The summed E-state index contributed by atoms with van der Waals surface area (Å²) in [5.41, 5.74) is 1.04. The van der Waals surface area contributed by atoms with Crippen molar-refractivity contribution in [3.8, 4) is 0 Å². The van der Waals surface area contributed by atoms with E-state index in [1.807, 2.05) is 13.0 Å². The van der Waals surface area contributed by atoms with Gasteiger partial charge in [0.1, 0.15) is 6.29 Å². The minimum atomic E-state index is 0.834. The van der Waals surface area contributed by atoms with E-state index in [1.165, 1.54) is 32.1 Å². The van der Waals surface area contributed by atoms with E-state index in [-0.39, 0.29) is 0 Å². The van der Waals surface area contributed by atoms with Crippen LogP contribution in [0.5, 0.6) is 0 Å². The van der Waals surface area contributed by atoms with E-state index >= 15 is 0 Å². The maximum atomic E-state index is 10.1. The Bertz CT molecular complexity index is 189. The number of carbonyl (C=O) groups excluding carboxylic acids is 1. The third-order valence-electron chi connectivity index (χ3n) is 2.19. The minimum absolute atomic E-state index is 0.834. The lowest BCUT2D eigenvalue weighted by molar-refractivity contribution is -0.104. The number of allylic oxidation sites excluding steroid dienone is 4. The molecule has 0 aromatic rings. The van der Waals surface area contributed by atoms with Crippen LogP contribution >= 0.6 is 0 Å². The first-order valence-corrected chi connectivity index (χ1v) is 5.60. The highest BCUT2D eigenvalue weighted by Crippen LogP contribution is 2.06. The molecule has 1 heteroatoms. The largest absolute Gasteiger partial charge is 0.299 e. The minimum Gasteiger partial charge on any atom is -0.299 e. The molecule has 0 bridgehead atoms. The fourth-order valence-electron chi connectivity index (χ4n) is 1.30. The van der Waals surface area contributed by atoms with Gasteiger partial charge in [0, 0.05) is 0 Å². The Morgan fingerprint density at radius 2 is 1.86 bits per heavy atom. The number of aldehydes is 1. The molecule has 0 saturated heterocycles. The lowest BCUT2D eigenvalue weighted by Gasteiger charge is -1.96. The van der Waals surface area contributed by atoms with Crippen LogP contribution in [-0.2, 0) is 4.79 Å². The highest BCUT2D eigenvalue weighted by molar-refractivity contribution is 5.66. The highest BCUT2D eigenvalue weighted by Gasteiger charge is 1.86. The first kappa shape index (κ1) is 13.2. The van der Waals surface area contributed by atoms with Crippen molar-refractivity contribution in [2.75, 3.05) is 0 Å². The number of unbranched alkanes of at least 4 members (excludes halogenated alkanes) is 5. The molecule has 0 unspecified atom stereocenters. The Kier molecular flexibility index (Phi) is 9.61. The topological polar surface area (TPSA) is 17.1 Å². The molecule has 0 aliphatic rings. The van der Waals surface area contributed by atoms with Gasteiger partial charge in [0.2, 0.25) is 0 Å². The number of hydrogen-bond donors (Lipinski definition) is 0. The molecule has 1 nitrogen and oxygen atoms in total. The van der Waals surface area contributed by atoms with Gasteiger partial charge < -0.3 is 0 Å². The first-order chi connectivity index (χ1) is 6.81. The molecule has 0 radical (unpaired) electrons. The summed E-state index contributed by atoms with van der Waals surface area (Å²) in [6.45, 7) is 4.18. The third-order valence-corrected chi connectivity index (χ3v) is 2.19. The molecule has 80 valence electrons. The molecule has 0 heterocycles. The van der Waals surface area contributed by atoms with Crippen LogP contribution in [0, 0.1) is 0 Å². The lowest BCUT2D eigenvalue weighted by Crippen LogP contribution is -1.76. The van der Waals surface area contributed by atoms with Gasteiger partial charge in [0.05, 0.1) is 0 Å². The number of rotatable bonds is 8. The normalized spacial score (nSPS) is 12.3. The van der Waals surface area contributed by atoms with E-state index in [0.717, 1.165) is 18.3 Å². The van der Waals surface area contributed by atoms with Crippen LogP contribution in [0.1, 0.15) is 52.4 Å². The van der Waals surface area contributed by atoms with Gasteiger partial charge in [0.25, 0.3) is 0 Å². The smallest absolute Gasteiger partial charge is 0.143 e. The van der Waals surface area contributed by atoms with Crippen molar-refractivity contribution in [1.29, 1.82) is 0 Å². The Hall–Kier alpha value is -0.850. The van der Waals surface area contributed by atoms with Gasteiger partial charge in [-0.25, -0.2) is 0 Å². The van der Waals surface area contributed by atoms with Crippen molar-refractivity contribution < 1.29 is 4.79 Å². The summed E-state index contributed by atoms with van der Waals surface area (Å²) >= 11 is 0. The van der Waals surface area contributed by atoms with Gasteiger partial charge in [-0.2, -0.15) is 0 Å². The molecule has 0 N–H and O–H groups in total. The second-order valence-electron chi connectivity index (χ2n) is 3.65. The summed E-state index contributed by atoms with van der Waals surface area (Å²) in [5, 5.41) is 0. The monoisotopic (exact) mass is 194 g/mol. The zero-order valence-electron chi connectivity index (χ0n) is 9.46. The van der Waals surface area contributed by atoms with E-state index in [9.17, 15) is 4.79 Å². The maximum Gasteiger partial charge on any atom is 0.143 e. The summed E-state index contributed by atoms with van der Waals surface area (Å²) in [7, 11) is 0. The lowest BCUT2D eigenvalue weighted by atomic mass is 10.1. The van der Waals surface area contributed by atoms with Crippen molar-refractivity contribution in [3.63, 3.8) is 0 Å². The van der Waals surface area contributed by atoms with E-state index in [1.54, 1.807) is 6.08 Å². The predicted molar refractivity (Wildman–Crippen MR) is 62.3 cm³/mol. The van der Waals surface area contributed by atoms with E-state index < -0.39 is 0 Å². The molecule has 0 fully saturated rings. The first-order valence-electron chi connectivity index (χ1n) is 5.60. The van der Waals surface area contributed by atoms with Gasteiger partial charge in [-0.3, -0.25) is 4.79 Å². The van der Waals surface area contributed by atoms with Crippen LogP contribution in [0.25, 0.3) is 0 Å². The summed E-state index contributed by atoms with van der Waals surface area (Å²) < 4.78 is 0. The number of carbonyl (C=O) groups is 1. The molecule has 14 heavy (non-hydrogen) atoms. The van der Waals surface area contributed by atoms with Gasteiger partial charge in [0.15, 0.2) is 0 Å². The zero-order valence-corrected chi connectivity index (χ0v) is 9.46. The molecule has 0 saturated carbocycles. The molecule has 0 aromatic heterocycles. The quantitative estimate of drug-likeness (QED) is 0.246. The number of hydrogen-bond acceptors (Lipinski definition) is 1. The summed E-state index contributed by atoms with van der Waals surface area (Å²) in [6, 6.07) is 0. The van der Waals surface area contributed by atoms with E-state index in [4.69, 9.17) is 0 Å². The van der Waals surface area contributed by atoms with Crippen LogP contribution < -0.4 is 0 Å². The zero-order chi connectivity index (χ0) is 10.6. The van der Waals surface area contributed by atoms with Crippen LogP contribution in [0.3, 0.4) is 0 Å². The molecular weight excluding hydrogens is 172 g/mol. The Morgan fingerprint density at radius 3 is 2.50 bits per heavy atom. The van der Waals surface area contributed by atoms with Gasteiger partial charge >= 0.3 is 0 Å². The average Bonchev–Trinajstić information content (AvgIpc) is 2.17. The Labute approximate surface area is 87.9 Å². The molecule has 0 atom stereocenters. The second-order valence-corrected chi connectivity index (χ2v) is 3.65. The highest BCUT2D eigenvalue weighted by atomic mass is 16.1. The van der Waals surface area contributed by atoms with Gasteiger partial charge in [-0.05, 0) is 31.4 Å². The van der Waals surface area contributed by atoms with Crippen LogP contribution in [0.2, 0.25) is 0 Å². The molecular formula is C13H22O. The van der Waals surface area contributed by atoms with E-state index in [2.05, 4.69) is 13.0 Å². The van der Waals surface area contributed by atoms with Gasteiger partial charge in [-0.1, -0.05) is 44.8 Å². The third kappa shape index (κ3) is 9.24. The molecule has 0 amide bonds. The van der Waals surface area contributed by atoms with Crippen molar-refractivity contribution in [3.05, 3.63) is 23.8 Å². The molecule has 0 rings (SSSR count). The fourth-order valence-corrected chi connectivity index (χ4v) is 1.30. The van der Waals surface area contributed by atoms with Crippen LogP contribution in [-0.4, -0.2) is 6.29 Å². The van der Waals surface area contributed by atoms with Crippen molar-refractivity contribution in [2.45, 2.75) is 52.4 Å². The van der Waals surface area contributed by atoms with Crippen molar-refractivity contribution in [2.24, 2.45) is 0 Å². The van der Waals surface area contributed by atoms with Gasteiger partial charge in [-0.15, -0.1) is 0 Å². The molecule has 0 spiro atoms. The Morgan fingerprint density at radius 1 is 1.14 bits per heavy atom. The second kappa shape index (κ2) is 10.2. The molecule has 0 aliphatic carbocycles.